The van der Waals surface area contributed by atoms with Gasteiger partial charge < -0.3 is 4.74 Å². The van der Waals surface area contributed by atoms with Crippen LogP contribution >= 0.6 is 0 Å². The lowest BCUT2D eigenvalue weighted by Crippen LogP contribution is -2.66. The highest BCUT2D eigenvalue weighted by Crippen LogP contribution is 2.35. The largest absolute Gasteiger partial charge is 0.376 e. The number of ether oxygens (including phenoxy) is 1. The van der Waals surface area contributed by atoms with Crippen LogP contribution in [0.1, 0.15) is 40.0 Å². The molecular formula is C13H20N2O4. The monoisotopic (exact) mass is 268 g/mol. The molecule has 2 fully saturated rings. The highest BCUT2D eigenvalue weighted by atomic mass is 16.5. The number of hydrogen-bond donors (Lipinski definition) is 1. The van der Waals surface area contributed by atoms with Gasteiger partial charge in [0.1, 0.15) is 5.41 Å². The first kappa shape index (κ1) is 14.0. The quantitative estimate of drug-likeness (QED) is 0.776. The molecule has 2 rings (SSSR count). The average Bonchev–Trinajstić information content (AvgIpc) is 2.77. The zero-order valence-electron chi connectivity index (χ0n) is 11.6. The van der Waals surface area contributed by atoms with Crippen LogP contribution in [0.3, 0.4) is 0 Å². The summed E-state index contributed by atoms with van der Waals surface area (Å²) in [6, 6.07) is -0.895. The normalized spacial score (nSPS) is 30.7. The Morgan fingerprint density at radius 3 is 2.42 bits per heavy atom. The predicted octanol–water partition coefficient (Wildman–Crippen LogP) is 1.05. The van der Waals surface area contributed by atoms with E-state index in [9.17, 15) is 14.4 Å². The molecule has 6 nitrogen and oxygen atoms in total. The molecule has 0 aromatic heterocycles. The van der Waals surface area contributed by atoms with E-state index in [-0.39, 0.29) is 18.1 Å². The van der Waals surface area contributed by atoms with Crippen molar-refractivity contribution in [1.82, 2.24) is 10.2 Å². The van der Waals surface area contributed by atoms with E-state index in [2.05, 4.69) is 5.32 Å². The van der Waals surface area contributed by atoms with Crippen LogP contribution in [0.25, 0.3) is 0 Å². The molecule has 0 spiro atoms. The number of carbonyl (C=O) groups is 3. The minimum absolute atomic E-state index is 0.186. The number of carbonyl (C=O) groups excluding carboxylic acids is 3. The lowest BCUT2D eigenvalue weighted by Gasteiger charge is -2.41. The molecule has 0 radical (unpaired) electrons. The highest BCUT2D eigenvalue weighted by Gasteiger charge is 2.54. The fraction of sp³-hybridized carbons (Fsp3) is 0.769. The van der Waals surface area contributed by atoms with Gasteiger partial charge in [-0.05, 0) is 26.2 Å². The minimum Gasteiger partial charge on any atom is -0.376 e. The smallest absolute Gasteiger partial charge is 0.331 e. The molecule has 0 aliphatic carbocycles. The maximum Gasteiger partial charge on any atom is 0.331 e. The molecule has 2 aliphatic rings. The van der Waals surface area contributed by atoms with E-state index < -0.39 is 17.4 Å². The van der Waals surface area contributed by atoms with Crippen molar-refractivity contribution in [2.24, 2.45) is 5.41 Å². The van der Waals surface area contributed by atoms with Crippen LogP contribution in [-0.4, -0.2) is 41.5 Å². The van der Waals surface area contributed by atoms with Crippen molar-refractivity contribution in [2.75, 3.05) is 6.61 Å². The second-order valence-corrected chi connectivity index (χ2v) is 5.16. The zero-order valence-corrected chi connectivity index (χ0v) is 11.6. The van der Waals surface area contributed by atoms with E-state index in [4.69, 9.17) is 4.74 Å². The summed E-state index contributed by atoms with van der Waals surface area (Å²) in [5.41, 5.74) is -1.11. The van der Waals surface area contributed by atoms with E-state index in [1.807, 2.05) is 6.92 Å². The van der Waals surface area contributed by atoms with Gasteiger partial charge in [-0.1, -0.05) is 13.8 Å². The van der Waals surface area contributed by atoms with Crippen LogP contribution in [0.2, 0.25) is 0 Å². The van der Waals surface area contributed by atoms with E-state index in [0.717, 1.165) is 0 Å². The zero-order chi connectivity index (χ0) is 14.2. The Morgan fingerprint density at radius 2 is 1.95 bits per heavy atom. The molecule has 2 heterocycles. The van der Waals surface area contributed by atoms with Crippen LogP contribution in [-0.2, 0) is 14.3 Å². The molecule has 0 bridgehead atoms. The number of barbiturate groups is 1. The molecule has 2 saturated heterocycles. The summed E-state index contributed by atoms with van der Waals surface area (Å²) >= 11 is 0. The number of nitrogens with zero attached hydrogens (tertiary/aromatic N) is 1. The fourth-order valence-corrected chi connectivity index (χ4v) is 2.93. The van der Waals surface area contributed by atoms with Crippen LogP contribution in [0.5, 0.6) is 0 Å². The number of urea groups is 1. The molecule has 4 amide bonds. The second kappa shape index (κ2) is 4.92. The third kappa shape index (κ3) is 1.94. The van der Waals surface area contributed by atoms with Gasteiger partial charge in [0, 0.05) is 6.61 Å². The standard InChI is InChI=1S/C13H20N2O4/c1-4-13(5-2)10(16)14-12(18)15(11(13)17)9-6-7-19-8(9)3/h8-9H,4-7H2,1-3H3,(H,14,16,18). The topological polar surface area (TPSA) is 75.7 Å². The number of hydrogen-bond acceptors (Lipinski definition) is 4. The van der Waals surface area contributed by atoms with Crippen molar-refractivity contribution in [3.63, 3.8) is 0 Å². The van der Waals surface area contributed by atoms with Gasteiger partial charge in [-0.3, -0.25) is 19.8 Å². The van der Waals surface area contributed by atoms with Crippen LogP contribution < -0.4 is 5.32 Å². The third-order valence-corrected chi connectivity index (χ3v) is 4.38. The fourth-order valence-electron chi connectivity index (χ4n) is 2.93. The van der Waals surface area contributed by atoms with Crippen molar-refractivity contribution in [2.45, 2.75) is 52.2 Å². The molecule has 2 aliphatic heterocycles. The van der Waals surface area contributed by atoms with E-state index in [0.29, 0.717) is 25.9 Å². The SMILES string of the molecule is CCC1(CC)C(=O)NC(=O)N(C2CCOC2C)C1=O. The minimum atomic E-state index is -1.11. The van der Waals surface area contributed by atoms with E-state index in [1.54, 1.807) is 13.8 Å². The summed E-state index contributed by atoms with van der Waals surface area (Å²) in [6.07, 6.45) is 1.21. The molecule has 2 unspecified atom stereocenters. The van der Waals surface area contributed by atoms with Gasteiger partial charge in [0.15, 0.2) is 0 Å². The van der Waals surface area contributed by atoms with Crippen molar-refractivity contribution in [3.8, 4) is 0 Å². The summed E-state index contributed by atoms with van der Waals surface area (Å²) in [7, 11) is 0. The average molecular weight is 268 g/mol. The second-order valence-electron chi connectivity index (χ2n) is 5.16. The van der Waals surface area contributed by atoms with E-state index in [1.165, 1.54) is 4.90 Å². The molecule has 0 aromatic rings. The Morgan fingerprint density at radius 1 is 1.32 bits per heavy atom. The highest BCUT2D eigenvalue weighted by molar-refractivity contribution is 6.19. The van der Waals surface area contributed by atoms with Gasteiger partial charge in [-0.25, -0.2) is 4.79 Å². The van der Waals surface area contributed by atoms with Gasteiger partial charge in [0.2, 0.25) is 11.8 Å². The maximum atomic E-state index is 12.7. The van der Waals surface area contributed by atoms with Gasteiger partial charge in [0.25, 0.3) is 0 Å². The summed E-state index contributed by atoms with van der Waals surface area (Å²) in [4.78, 5) is 37.9. The summed E-state index contributed by atoms with van der Waals surface area (Å²) < 4.78 is 5.42. The number of rotatable bonds is 3. The Kier molecular flexibility index (Phi) is 3.62. The Bertz CT molecular complexity index is 417. The number of nitrogens with one attached hydrogen (secondary N) is 1. The lowest BCUT2D eigenvalue weighted by molar-refractivity contribution is -0.154. The Hall–Kier alpha value is -1.43. The predicted molar refractivity (Wildman–Crippen MR) is 67.2 cm³/mol. The summed E-state index contributed by atoms with van der Waals surface area (Å²) in [6.45, 7) is 5.96. The van der Waals surface area contributed by atoms with Crippen molar-refractivity contribution >= 4 is 17.8 Å². The first-order valence-corrected chi connectivity index (χ1v) is 6.78. The summed E-state index contributed by atoms with van der Waals surface area (Å²) in [5.74, 6) is -0.857. The van der Waals surface area contributed by atoms with Crippen molar-refractivity contribution in [1.29, 1.82) is 0 Å². The van der Waals surface area contributed by atoms with Crippen LogP contribution in [0, 0.1) is 5.41 Å². The Labute approximate surface area is 112 Å². The van der Waals surface area contributed by atoms with Gasteiger partial charge in [-0.15, -0.1) is 0 Å². The summed E-state index contributed by atoms with van der Waals surface area (Å²) in [5, 5.41) is 2.32. The molecular weight excluding hydrogens is 248 g/mol. The van der Waals surface area contributed by atoms with Gasteiger partial charge in [0.05, 0.1) is 12.1 Å². The first-order valence-electron chi connectivity index (χ1n) is 6.78. The van der Waals surface area contributed by atoms with Crippen molar-refractivity contribution in [3.05, 3.63) is 0 Å². The molecule has 19 heavy (non-hydrogen) atoms. The molecule has 106 valence electrons. The van der Waals surface area contributed by atoms with E-state index >= 15 is 0 Å². The molecule has 6 heteroatoms. The molecule has 0 aromatic carbocycles. The number of amides is 4. The Balaban J connectivity index is 2.36. The molecule has 1 N–H and O–H groups in total. The maximum absolute atomic E-state index is 12.7. The van der Waals surface area contributed by atoms with Crippen molar-refractivity contribution < 1.29 is 19.1 Å². The number of imide groups is 2. The lowest BCUT2D eigenvalue weighted by atomic mass is 9.78. The van der Waals surface area contributed by atoms with Gasteiger partial charge >= 0.3 is 6.03 Å². The molecule has 2 atom stereocenters. The first-order chi connectivity index (χ1) is 8.97. The van der Waals surface area contributed by atoms with Crippen LogP contribution in [0.4, 0.5) is 4.79 Å². The third-order valence-electron chi connectivity index (χ3n) is 4.38. The molecule has 0 saturated carbocycles. The van der Waals surface area contributed by atoms with Crippen LogP contribution in [0.15, 0.2) is 0 Å². The van der Waals surface area contributed by atoms with Gasteiger partial charge in [-0.2, -0.15) is 0 Å².